The van der Waals surface area contributed by atoms with Gasteiger partial charge < -0.3 is 0 Å². The van der Waals surface area contributed by atoms with Gasteiger partial charge in [0.15, 0.2) is 5.17 Å². The maximum atomic E-state index is 13.4. The van der Waals surface area contributed by atoms with E-state index in [0.717, 1.165) is 29.8 Å². The standard InChI is InChI=1S/C27H26N2OS/c1-4-20-9-13-23(14-10-20)28-27-29(24-15-11-21(5-2)12-16-24)26(30)25(31-27)18-22-8-6-7-19(3)17-22/h6-18H,4-5H2,1-3H3/b25-18-,28-27?. The molecule has 3 aromatic rings. The average molecular weight is 427 g/mol. The van der Waals surface area contributed by atoms with E-state index < -0.39 is 0 Å². The lowest BCUT2D eigenvalue weighted by Crippen LogP contribution is -2.28. The van der Waals surface area contributed by atoms with E-state index in [1.807, 2.05) is 42.5 Å². The number of hydrogen-bond donors (Lipinski definition) is 0. The van der Waals surface area contributed by atoms with Crippen LogP contribution in [0.15, 0.2) is 82.7 Å². The lowest BCUT2D eigenvalue weighted by molar-refractivity contribution is -0.113. The van der Waals surface area contributed by atoms with E-state index in [2.05, 4.69) is 57.2 Å². The fourth-order valence-electron chi connectivity index (χ4n) is 3.49. The van der Waals surface area contributed by atoms with Crippen molar-refractivity contribution in [3.63, 3.8) is 0 Å². The van der Waals surface area contributed by atoms with Gasteiger partial charge in [0.05, 0.1) is 16.3 Å². The third-order valence-corrected chi connectivity index (χ3v) is 6.29. The van der Waals surface area contributed by atoms with Gasteiger partial charge in [-0.2, -0.15) is 0 Å². The Hall–Kier alpha value is -3.11. The summed E-state index contributed by atoms with van der Waals surface area (Å²) in [5.41, 5.74) is 6.39. The minimum atomic E-state index is -0.0420. The van der Waals surface area contributed by atoms with E-state index in [1.54, 1.807) is 4.90 Å². The Bertz CT molecular complexity index is 1140. The molecule has 0 saturated carbocycles. The topological polar surface area (TPSA) is 32.7 Å². The first-order chi connectivity index (χ1) is 15.1. The maximum absolute atomic E-state index is 13.4. The van der Waals surface area contributed by atoms with Gasteiger partial charge in [0, 0.05) is 0 Å². The number of aryl methyl sites for hydroxylation is 3. The number of nitrogens with zero attached hydrogens (tertiary/aromatic N) is 2. The number of amidine groups is 1. The Balaban J connectivity index is 1.75. The summed E-state index contributed by atoms with van der Waals surface area (Å²) in [6.45, 7) is 6.32. The molecule has 1 amide bonds. The smallest absolute Gasteiger partial charge is 0.268 e. The van der Waals surface area contributed by atoms with Crippen LogP contribution in [0.4, 0.5) is 11.4 Å². The molecule has 3 aromatic carbocycles. The number of benzene rings is 3. The maximum Gasteiger partial charge on any atom is 0.271 e. The van der Waals surface area contributed by atoms with Crippen LogP contribution in [0.2, 0.25) is 0 Å². The quantitative estimate of drug-likeness (QED) is 0.414. The molecule has 0 radical (unpaired) electrons. The highest BCUT2D eigenvalue weighted by Crippen LogP contribution is 2.37. The first-order valence-corrected chi connectivity index (χ1v) is 11.5. The number of hydrogen-bond acceptors (Lipinski definition) is 3. The molecule has 0 N–H and O–H groups in total. The second-order valence-electron chi connectivity index (χ2n) is 7.60. The zero-order chi connectivity index (χ0) is 21.8. The second-order valence-corrected chi connectivity index (χ2v) is 8.61. The van der Waals surface area contributed by atoms with Crippen LogP contribution in [0.5, 0.6) is 0 Å². The lowest BCUT2D eigenvalue weighted by atomic mass is 10.1. The van der Waals surface area contributed by atoms with Crippen molar-refractivity contribution < 1.29 is 4.79 Å². The van der Waals surface area contributed by atoms with Crippen LogP contribution in [0.25, 0.3) is 6.08 Å². The van der Waals surface area contributed by atoms with Crippen molar-refractivity contribution in [2.24, 2.45) is 4.99 Å². The van der Waals surface area contributed by atoms with E-state index in [9.17, 15) is 4.79 Å². The number of amides is 1. The molecule has 0 bridgehead atoms. The zero-order valence-electron chi connectivity index (χ0n) is 18.1. The Morgan fingerprint density at radius 2 is 1.55 bits per heavy atom. The average Bonchev–Trinajstić information content (AvgIpc) is 3.09. The first-order valence-electron chi connectivity index (χ1n) is 10.6. The molecule has 1 aliphatic rings. The third kappa shape index (κ3) is 4.80. The Kier molecular flexibility index (Phi) is 6.38. The summed E-state index contributed by atoms with van der Waals surface area (Å²) in [7, 11) is 0. The van der Waals surface area contributed by atoms with E-state index in [1.165, 1.54) is 28.5 Å². The molecule has 156 valence electrons. The highest BCUT2D eigenvalue weighted by atomic mass is 32.2. The van der Waals surface area contributed by atoms with Crippen molar-refractivity contribution in [2.45, 2.75) is 33.6 Å². The molecule has 3 nitrogen and oxygen atoms in total. The van der Waals surface area contributed by atoms with Gasteiger partial charge in [-0.3, -0.25) is 9.69 Å². The van der Waals surface area contributed by atoms with E-state index in [4.69, 9.17) is 4.99 Å². The van der Waals surface area contributed by atoms with Crippen LogP contribution in [0.1, 0.15) is 36.1 Å². The van der Waals surface area contributed by atoms with Crippen molar-refractivity contribution in [1.29, 1.82) is 0 Å². The predicted octanol–water partition coefficient (Wildman–Crippen LogP) is 6.93. The number of aliphatic imine (C=N–C) groups is 1. The summed E-state index contributed by atoms with van der Waals surface area (Å²) in [4.78, 5) is 20.6. The molecule has 1 saturated heterocycles. The SMILES string of the molecule is CCc1ccc(N=C2S/C(=C\c3cccc(C)c3)C(=O)N2c2ccc(CC)cc2)cc1. The van der Waals surface area contributed by atoms with Crippen LogP contribution >= 0.6 is 11.8 Å². The monoisotopic (exact) mass is 426 g/mol. The van der Waals surface area contributed by atoms with Crippen molar-refractivity contribution in [1.82, 2.24) is 0 Å². The minimum Gasteiger partial charge on any atom is -0.268 e. The molecule has 0 atom stereocenters. The summed E-state index contributed by atoms with van der Waals surface area (Å²) >= 11 is 1.42. The summed E-state index contributed by atoms with van der Waals surface area (Å²) in [5, 5.41) is 0.678. The van der Waals surface area contributed by atoms with Crippen LogP contribution in [0.3, 0.4) is 0 Å². The van der Waals surface area contributed by atoms with Gasteiger partial charge in [-0.1, -0.05) is 67.9 Å². The van der Waals surface area contributed by atoms with Gasteiger partial charge in [0.1, 0.15) is 0 Å². The Morgan fingerprint density at radius 1 is 0.903 bits per heavy atom. The molecule has 1 heterocycles. The summed E-state index contributed by atoms with van der Waals surface area (Å²) in [6.07, 6.45) is 3.91. The highest BCUT2D eigenvalue weighted by molar-refractivity contribution is 8.19. The van der Waals surface area contributed by atoms with Gasteiger partial charge in [-0.05, 0) is 78.6 Å². The van der Waals surface area contributed by atoms with Crippen molar-refractivity contribution in [3.8, 4) is 0 Å². The van der Waals surface area contributed by atoms with E-state index >= 15 is 0 Å². The number of anilines is 1. The third-order valence-electron chi connectivity index (χ3n) is 5.32. The van der Waals surface area contributed by atoms with Crippen molar-refractivity contribution in [2.75, 3.05) is 4.90 Å². The van der Waals surface area contributed by atoms with E-state index in [-0.39, 0.29) is 5.91 Å². The molecule has 0 aromatic heterocycles. The summed E-state index contributed by atoms with van der Waals surface area (Å²) < 4.78 is 0. The molecule has 0 unspecified atom stereocenters. The van der Waals surface area contributed by atoms with Crippen molar-refractivity contribution in [3.05, 3.63) is 100.0 Å². The molecule has 31 heavy (non-hydrogen) atoms. The van der Waals surface area contributed by atoms with Crippen LogP contribution in [-0.4, -0.2) is 11.1 Å². The van der Waals surface area contributed by atoms with Gasteiger partial charge >= 0.3 is 0 Å². The number of rotatable bonds is 5. The highest BCUT2D eigenvalue weighted by Gasteiger charge is 2.34. The molecule has 1 aliphatic heterocycles. The number of thioether (sulfide) groups is 1. The fourth-order valence-corrected chi connectivity index (χ4v) is 4.49. The van der Waals surface area contributed by atoms with Gasteiger partial charge in [0.2, 0.25) is 0 Å². The van der Waals surface area contributed by atoms with Crippen LogP contribution < -0.4 is 4.90 Å². The van der Waals surface area contributed by atoms with Gasteiger partial charge in [0.25, 0.3) is 5.91 Å². The number of carbonyl (C=O) groups is 1. The van der Waals surface area contributed by atoms with Crippen LogP contribution in [-0.2, 0) is 17.6 Å². The number of carbonyl (C=O) groups excluding carboxylic acids is 1. The normalized spacial score (nSPS) is 16.5. The molecule has 0 spiro atoms. The van der Waals surface area contributed by atoms with E-state index in [0.29, 0.717) is 10.1 Å². The summed E-state index contributed by atoms with van der Waals surface area (Å²) in [6, 6.07) is 24.5. The largest absolute Gasteiger partial charge is 0.271 e. The second kappa shape index (κ2) is 9.36. The predicted molar refractivity (Wildman–Crippen MR) is 133 cm³/mol. The molecular weight excluding hydrogens is 400 g/mol. The van der Waals surface area contributed by atoms with Crippen LogP contribution in [0, 0.1) is 6.92 Å². The lowest BCUT2D eigenvalue weighted by Gasteiger charge is -2.16. The van der Waals surface area contributed by atoms with Gasteiger partial charge in [-0.25, -0.2) is 4.99 Å². The zero-order valence-corrected chi connectivity index (χ0v) is 18.9. The van der Waals surface area contributed by atoms with Crippen molar-refractivity contribution >= 4 is 40.3 Å². The minimum absolute atomic E-state index is 0.0420. The molecular formula is C27H26N2OS. The van der Waals surface area contributed by atoms with Gasteiger partial charge in [-0.15, -0.1) is 0 Å². The molecule has 4 heteroatoms. The molecule has 4 rings (SSSR count). The Labute approximate surface area is 188 Å². The first kappa shape index (κ1) is 21.1. The molecule has 1 fully saturated rings. The molecule has 0 aliphatic carbocycles. The summed E-state index contributed by atoms with van der Waals surface area (Å²) in [5.74, 6) is -0.0420. The Morgan fingerprint density at radius 3 is 2.16 bits per heavy atom. The fraction of sp³-hybridized carbons (Fsp3) is 0.185.